The molecule has 0 bridgehead atoms. The fourth-order valence-electron chi connectivity index (χ4n) is 3.13. The fourth-order valence-corrected chi connectivity index (χ4v) is 3.88. The Bertz CT molecular complexity index is 1040. The molecule has 3 N–H and O–H groups in total. The quantitative estimate of drug-likeness (QED) is 0.492. The standard InChI is InChI=1S/C22H27N5O3S/c1-22(2,3)16-8-4-5-9-17(16)24-20(29)14-31-21-26-25-19(11-10-18(23)28)27(21)13-15-7-6-12-30-15/h4-9,12H,10-11,13-14H2,1-3H3,(H2,23,28)(H,24,29). The molecule has 0 spiro atoms. The van der Waals surface area contributed by atoms with Gasteiger partial charge >= 0.3 is 0 Å². The Morgan fingerprint density at radius 3 is 2.61 bits per heavy atom. The van der Waals surface area contributed by atoms with Crippen molar-refractivity contribution in [3.63, 3.8) is 0 Å². The maximum Gasteiger partial charge on any atom is 0.234 e. The van der Waals surface area contributed by atoms with Gasteiger partial charge in [0.2, 0.25) is 11.8 Å². The van der Waals surface area contributed by atoms with Gasteiger partial charge in [0, 0.05) is 18.5 Å². The molecule has 0 aliphatic rings. The summed E-state index contributed by atoms with van der Waals surface area (Å²) in [7, 11) is 0. The van der Waals surface area contributed by atoms with E-state index in [2.05, 4.69) is 36.3 Å². The van der Waals surface area contributed by atoms with Crippen LogP contribution in [-0.2, 0) is 28.0 Å². The summed E-state index contributed by atoms with van der Waals surface area (Å²) >= 11 is 1.28. The first-order valence-corrected chi connectivity index (χ1v) is 11.0. The lowest BCUT2D eigenvalue weighted by molar-refractivity contribution is -0.118. The van der Waals surface area contributed by atoms with Crippen LogP contribution in [0.5, 0.6) is 0 Å². The van der Waals surface area contributed by atoms with Crippen LogP contribution in [0.1, 0.15) is 44.3 Å². The molecule has 0 unspecified atom stereocenters. The second kappa shape index (κ2) is 9.82. The molecule has 8 nitrogen and oxygen atoms in total. The molecule has 3 rings (SSSR count). The monoisotopic (exact) mass is 441 g/mol. The minimum Gasteiger partial charge on any atom is -0.467 e. The number of amides is 2. The second-order valence-electron chi connectivity index (χ2n) is 8.16. The Morgan fingerprint density at radius 2 is 1.94 bits per heavy atom. The minimum atomic E-state index is -0.404. The zero-order chi connectivity index (χ0) is 22.4. The Kier molecular flexibility index (Phi) is 7.17. The van der Waals surface area contributed by atoms with Crippen molar-refractivity contribution in [3.05, 3.63) is 59.8 Å². The number of furan rings is 1. The van der Waals surface area contributed by atoms with Crippen molar-refractivity contribution in [2.24, 2.45) is 5.73 Å². The van der Waals surface area contributed by atoms with Crippen LogP contribution in [0.25, 0.3) is 0 Å². The summed E-state index contributed by atoms with van der Waals surface area (Å²) in [5.41, 5.74) is 7.06. The van der Waals surface area contributed by atoms with E-state index in [1.165, 1.54) is 11.8 Å². The summed E-state index contributed by atoms with van der Waals surface area (Å²) in [5, 5.41) is 12.0. The molecule has 0 saturated carbocycles. The van der Waals surface area contributed by atoms with E-state index >= 15 is 0 Å². The van der Waals surface area contributed by atoms with E-state index in [-0.39, 0.29) is 23.5 Å². The van der Waals surface area contributed by atoms with Crippen LogP contribution in [0.2, 0.25) is 0 Å². The van der Waals surface area contributed by atoms with Crippen LogP contribution in [0.15, 0.2) is 52.2 Å². The Labute approximate surface area is 185 Å². The Morgan fingerprint density at radius 1 is 1.16 bits per heavy atom. The predicted octanol–water partition coefficient (Wildman–Crippen LogP) is 3.37. The number of para-hydroxylation sites is 1. The summed E-state index contributed by atoms with van der Waals surface area (Å²) in [6.45, 7) is 6.73. The molecular formula is C22H27N5O3S. The van der Waals surface area contributed by atoms with Gasteiger partial charge in [-0.1, -0.05) is 50.7 Å². The lowest BCUT2D eigenvalue weighted by Gasteiger charge is -2.22. The van der Waals surface area contributed by atoms with Crippen molar-refractivity contribution in [1.82, 2.24) is 14.8 Å². The number of nitrogens with two attached hydrogens (primary N) is 1. The van der Waals surface area contributed by atoms with Gasteiger partial charge in [0.25, 0.3) is 0 Å². The number of rotatable bonds is 9. The van der Waals surface area contributed by atoms with Crippen LogP contribution in [0.3, 0.4) is 0 Å². The molecule has 2 aromatic heterocycles. The Hall–Kier alpha value is -3.07. The van der Waals surface area contributed by atoms with Crippen molar-refractivity contribution in [1.29, 1.82) is 0 Å². The number of benzene rings is 1. The number of aryl methyl sites for hydroxylation is 1. The third-order valence-corrected chi connectivity index (χ3v) is 5.59. The van der Waals surface area contributed by atoms with Gasteiger partial charge in [-0.3, -0.25) is 14.2 Å². The minimum absolute atomic E-state index is 0.0877. The molecule has 3 aromatic rings. The molecule has 9 heteroatoms. The molecule has 2 heterocycles. The van der Waals surface area contributed by atoms with Crippen LogP contribution in [0, 0.1) is 0 Å². The maximum atomic E-state index is 12.6. The largest absolute Gasteiger partial charge is 0.467 e. The number of thioether (sulfide) groups is 1. The van der Waals surface area contributed by atoms with E-state index < -0.39 is 5.91 Å². The molecule has 1 aromatic carbocycles. The SMILES string of the molecule is CC(C)(C)c1ccccc1NC(=O)CSc1nnc(CCC(N)=O)n1Cc1ccco1. The van der Waals surface area contributed by atoms with E-state index in [0.29, 0.717) is 23.9 Å². The highest BCUT2D eigenvalue weighted by Gasteiger charge is 2.20. The highest BCUT2D eigenvalue weighted by atomic mass is 32.2. The van der Waals surface area contributed by atoms with E-state index in [9.17, 15) is 9.59 Å². The first-order valence-electron chi connectivity index (χ1n) is 9.99. The van der Waals surface area contributed by atoms with Gasteiger partial charge in [-0.15, -0.1) is 10.2 Å². The van der Waals surface area contributed by atoms with Gasteiger partial charge < -0.3 is 15.5 Å². The maximum absolute atomic E-state index is 12.6. The number of nitrogens with one attached hydrogen (secondary N) is 1. The third kappa shape index (κ3) is 6.21. The zero-order valence-corrected chi connectivity index (χ0v) is 18.7. The molecule has 0 radical (unpaired) electrons. The van der Waals surface area contributed by atoms with Gasteiger partial charge in [-0.25, -0.2) is 0 Å². The van der Waals surface area contributed by atoms with Crippen molar-refractivity contribution >= 4 is 29.3 Å². The summed E-state index contributed by atoms with van der Waals surface area (Å²) in [6.07, 6.45) is 2.13. The number of carbonyl (C=O) groups is 2. The lowest BCUT2D eigenvalue weighted by Crippen LogP contribution is -2.20. The number of hydrogen-bond donors (Lipinski definition) is 2. The molecule has 0 saturated heterocycles. The number of anilines is 1. The fraction of sp³-hybridized carbons (Fsp3) is 0.364. The van der Waals surface area contributed by atoms with Crippen molar-refractivity contribution in [2.45, 2.75) is 50.7 Å². The molecule has 2 amide bonds. The van der Waals surface area contributed by atoms with Gasteiger partial charge in [-0.05, 0) is 29.2 Å². The van der Waals surface area contributed by atoms with E-state index in [1.54, 1.807) is 12.3 Å². The van der Waals surface area contributed by atoms with Crippen LogP contribution in [-0.4, -0.2) is 32.3 Å². The van der Waals surface area contributed by atoms with Crippen LogP contribution in [0.4, 0.5) is 5.69 Å². The number of primary amides is 1. The first kappa shape index (κ1) is 22.6. The highest BCUT2D eigenvalue weighted by molar-refractivity contribution is 7.99. The summed E-state index contributed by atoms with van der Waals surface area (Å²) in [4.78, 5) is 23.8. The topological polar surface area (TPSA) is 116 Å². The molecule has 164 valence electrons. The summed E-state index contributed by atoms with van der Waals surface area (Å²) in [5.74, 6) is 0.984. The molecular weight excluding hydrogens is 414 g/mol. The molecule has 0 aliphatic carbocycles. The second-order valence-corrected chi connectivity index (χ2v) is 9.11. The number of nitrogens with zero attached hydrogens (tertiary/aromatic N) is 3. The number of carbonyl (C=O) groups excluding carboxylic acids is 2. The summed E-state index contributed by atoms with van der Waals surface area (Å²) < 4.78 is 7.29. The molecule has 31 heavy (non-hydrogen) atoms. The first-order chi connectivity index (χ1) is 14.7. The lowest BCUT2D eigenvalue weighted by atomic mass is 9.86. The normalized spacial score (nSPS) is 11.5. The van der Waals surface area contributed by atoms with Crippen LogP contribution < -0.4 is 11.1 Å². The molecule has 0 atom stereocenters. The van der Waals surface area contributed by atoms with Crippen molar-refractivity contribution < 1.29 is 14.0 Å². The zero-order valence-electron chi connectivity index (χ0n) is 17.9. The predicted molar refractivity (Wildman–Crippen MR) is 120 cm³/mol. The van der Waals surface area contributed by atoms with E-state index in [1.807, 2.05) is 34.9 Å². The van der Waals surface area contributed by atoms with Crippen molar-refractivity contribution in [2.75, 3.05) is 11.1 Å². The van der Waals surface area contributed by atoms with Crippen molar-refractivity contribution in [3.8, 4) is 0 Å². The number of hydrogen-bond acceptors (Lipinski definition) is 6. The molecule has 0 aliphatic heterocycles. The van der Waals surface area contributed by atoms with Gasteiger partial charge in [0.15, 0.2) is 5.16 Å². The van der Waals surface area contributed by atoms with E-state index in [0.717, 1.165) is 17.0 Å². The Balaban J connectivity index is 1.71. The average Bonchev–Trinajstić information content (AvgIpc) is 3.35. The third-order valence-electron chi connectivity index (χ3n) is 4.62. The van der Waals surface area contributed by atoms with Crippen LogP contribution >= 0.6 is 11.8 Å². The van der Waals surface area contributed by atoms with E-state index in [4.69, 9.17) is 10.2 Å². The molecule has 0 fully saturated rings. The van der Waals surface area contributed by atoms with Gasteiger partial charge in [-0.2, -0.15) is 0 Å². The highest BCUT2D eigenvalue weighted by Crippen LogP contribution is 2.29. The number of aromatic nitrogens is 3. The van der Waals surface area contributed by atoms with Gasteiger partial charge in [0.05, 0.1) is 18.6 Å². The van der Waals surface area contributed by atoms with Gasteiger partial charge in [0.1, 0.15) is 11.6 Å². The summed E-state index contributed by atoms with van der Waals surface area (Å²) in [6, 6.07) is 11.5. The average molecular weight is 442 g/mol. The smallest absolute Gasteiger partial charge is 0.234 e.